The molecule has 0 aromatic heterocycles. The van der Waals surface area contributed by atoms with E-state index in [0.29, 0.717) is 0 Å². The molecule has 0 aromatic rings. The molecule has 0 aliphatic heterocycles. The van der Waals surface area contributed by atoms with E-state index in [1.807, 2.05) is 0 Å². The Kier molecular flexibility index (Phi) is 4.69. The lowest BCUT2D eigenvalue weighted by atomic mass is 14.4. The van der Waals surface area contributed by atoms with Gasteiger partial charge in [0.25, 0.3) is 0 Å². The molecule has 0 bridgehead atoms. The second-order valence-corrected chi connectivity index (χ2v) is 3.40. The zero-order valence-corrected chi connectivity index (χ0v) is 5.49. The van der Waals surface area contributed by atoms with Crippen LogP contribution in [-0.2, 0) is 23.6 Å². The normalized spacial score (nSPS) is 8.12. The highest BCUT2D eigenvalue weighted by molar-refractivity contribution is 6.93. The first kappa shape index (κ1) is 7.71. The summed E-state index contributed by atoms with van der Waals surface area (Å²) < 4.78 is 23.1. The van der Waals surface area contributed by atoms with Gasteiger partial charge in [-0.05, 0) is 5.04 Å². The minimum atomic E-state index is -2.68. The van der Waals surface area contributed by atoms with Crippen LogP contribution in [-0.4, -0.2) is 22.6 Å². The Morgan fingerprint density at radius 2 is 2.25 bits per heavy atom. The van der Waals surface area contributed by atoms with Crippen molar-refractivity contribution >= 4 is 17.4 Å². The zero-order chi connectivity index (χ0) is 6.41. The van der Waals surface area contributed by atoms with Gasteiger partial charge in [0.05, 0.1) is 0 Å². The van der Waals surface area contributed by atoms with E-state index in [-0.39, 0.29) is 0 Å². The van der Waals surface area contributed by atoms with Gasteiger partial charge in [-0.1, -0.05) is 0 Å². The molecule has 0 atom stereocenters. The van der Waals surface area contributed by atoms with Crippen LogP contribution in [0.1, 0.15) is 0 Å². The van der Waals surface area contributed by atoms with E-state index < -0.39 is 17.4 Å². The predicted octanol–water partition coefficient (Wildman–Crippen LogP) is -1.20. The third-order valence-electron chi connectivity index (χ3n) is 0.223. The Morgan fingerprint density at radius 3 is 2.62 bits per heavy atom. The van der Waals surface area contributed by atoms with Crippen LogP contribution in [0.25, 0.3) is 0 Å². The summed E-state index contributed by atoms with van der Waals surface area (Å²) in [5, 5.41) is 13.5. The van der Waals surface area contributed by atoms with E-state index in [1.54, 1.807) is 0 Å². The van der Waals surface area contributed by atoms with Crippen LogP contribution in [0.4, 0.5) is 0 Å². The zero-order valence-electron chi connectivity index (χ0n) is 3.49. The van der Waals surface area contributed by atoms with Gasteiger partial charge in [-0.3, -0.25) is 0 Å². The maximum atomic E-state index is 9.92. The summed E-state index contributed by atoms with van der Waals surface area (Å²) in [6, 6.07) is 0. The molecule has 0 fully saturated rings. The molecule has 45 valence electrons. The third kappa shape index (κ3) is 3.89. The lowest BCUT2D eigenvalue weighted by molar-refractivity contribution is -0.597. The van der Waals surface area contributed by atoms with Gasteiger partial charge in [0.1, 0.15) is 0 Å². The van der Waals surface area contributed by atoms with Crippen molar-refractivity contribution in [2.75, 3.05) is 0 Å². The summed E-state index contributed by atoms with van der Waals surface area (Å²) in [7, 11) is -3.78. The van der Waals surface area contributed by atoms with Gasteiger partial charge in [0.2, 0.25) is 0 Å². The van der Waals surface area contributed by atoms with Crippen molar-refractivity contribution in [1.82, 2.24) is 0 Å². The lowest BCUT2D eigenvalue weighted by Crippen LogP contribution is -2.09. The van der Waals surface area contributed by atoms with Crippen molar-refractivity contribution in [3.63, 3.8) is 0 Å². The smallest absolute Gasteiger partial charge is 0.376 e. The largest absolute Gasteiger partial charge is 0.584 e. The third-order valence-corrected chi connectivity index (χ3v) is 1.36. The molecular weight excluding hydrogens is 152 g/mol. The highest BCUT2D eigenvalue weighted by Crippen LogP contribution is 1.72. The van der Waals surface area contributed by atoms with Crippen LogP contribution in [0.2, 0.25) is 0 Å². The summed E-state index contributed by atoms with van der Waals surface area (Å²) in [5.41, 5.74) is 0. The van der Waals surface area contributed by atoms with Gasteiger partial charge in [-0.2, -0.15) is 0 Å². The Bertz CT molecular complexity index is 86.5. The highest BCUT2D eigenvalue weighted by Gasteiger charge is 2.07. The quantitative estimate of drug-likeness (QED) is 0.310. The number of hydrogen-bond acceptors (Lipinski definition) is 6. The van der Waals surface area contributed by atoms with E-state index in [4.69, 9.17) is 5.26 Å². The van der Waals surface area contributed by atoms with E-state index >= 15 is 0 Å². The highest BCUT2D eigenvalue weighted by atomic mass is 29.2. The molecule has 0 amide bonds. The Balaban J connectivity index is 3.11. The average Bonchev–Trinajstić information content (AvgIpc) is 1.83. The molecule has 0 aliphatic carbocycles. The molecule has 0 saturated heterocycles. The van der Waals surface area contributed by atoms with Crippen molar-refractivity contribution in [2.45, 2.75) is 0 Å². The standard InChI is InChI=1S/HO6Si2/c1-4-5-6-8(3)7-2/h1H. The Labute approximate surface area is 47.2 Å². The molecular formula is HO6Si2. The predicted molar refractivity (Wildman–Crippen MR) is 18.8 cm³/mol. The van der Waals surface area contributed by atoms with Crippen LogP contribution < -0.4 is 0 Å². The first-order chi connectivity index (χ1) is 3.81. The molecule has 0 spiro atoms. The van der Waals surface area contributed by atoms with Gasteiger partial charge < -0.3 is 13.5 Å². The van der Waals surface area contributed by atoms with E-state index in [0.717, 1.165) is 0 Å². The van der Waals surface area contributed by atoms with Gasteiger partial charge >= 0.3 is 17.4 Å². The molecule has 0 rings (SSSR count). The SMILES string of the molecule is O=[Si][Si](=O)OOOO. The molecule has 0 saturated carbocycles. The molecule has 8 heteroatoms. The maximum Gasteiger partial charge on any atom is 0.584 e. The van der Waals surface area contributed by atoms with Gasteiger partial charge in [-0.25, -0.2) is 5.26 Å². The van der Waals surface area contributed by atoms with Crippen molar-refractivity contribution in [1.29, 1.82) is 0 Å². The van der Waals surface area contributed by atoms with Crippen molar-refractivity contribution in [3.05, 3.63) is 0 Å². The second-order valence-electron chi connectivity index (χ2n) is 0.615. The minimum absolute atomic E-state index is 1.10. The van der Waals surface area contributed by atoms with Gasteiger partial charge in [-0.15, -0.1) is 0 Å². The first-order valence-corrected chi connectivity index (χ1v) is 4.60. The number of hydrogen-bond donors (Lipinski definition) is 1. The van der Waals surface area contributed by atoms with E-state index in [2.05, 4.69) is 14.7 Å². The van der Waals surface area contributed by atoms with E-state index in [1.165, 1.54) is 0 Å². The molecule has 8 heavy (non-hydrogen) atoms. The lowest BCUT2D eigenvalue weighted by Gasteiger charge is -1.87. The van der Waals surface area contributed by atoms with Crippen molar-refractivity contribution < 1.29 is 28.8 Å². The Morgan fingerprint density at radius 1 is 1.62 bits per heavy atom. The van der Waals surface area contributed by atoms with Crippen LogP contribution in [0.15, 0.2) is 0 Å². The fraction of sp³-hybridized carbons (Fsp3) is 0. The van der Waals surface area contributed by atoms with Crippen LogP contribution in [0, 0.1) is 0 Å². The summed E-state index contributed by atoms with van der Waals surface area (Å²) in [4.78, 5) is 0. The fourth-order valence-corrected chi connectivity index (χ4v) is 0.393. The minimum Gasteiger partial charge on any atom is -0.376 e. The molecule has 0 aliphatic rings. The molecule has 0 aromatic carbocycles. The molecule has 0 heterocycles. The first-order valence-electron chi connectivity index (χ1n) is 1.38. The maximum absolute atomic E-state index is 9.92. The van der Waals surface area contributed by atoms with Crippen LogP contribution in [0.3, 0.4) is 0 Å². The van der Waals surface area contributed by atoms with E-state index in [9.17, 15) is 8.92 Å². The van der Waals surface area contributed by atoms with Crippen molar-refractivity contribution in [3.8, 4) is 0 Å². The Hall–Kier alpha value is -0.286. The van der Waals surface area contributed by atoms with Crippen LogP contribution in [0.5, 0.6) is 0 Å². The summed E-state index contributed by atoms with van der Waals surface area (Å²) in [5.74, 6) is 0. The van der Waals surface area contributed by atoms with Gasteiger partial charge in [0, 0.05) is 5.04 Å². The molecule has 1 N–H and O–H groups in total. The molecule has 1 radical (unpaired) electrons. The topological polar surface area (TPSA) is 82.1 Å². The number of rotatable bonds is 4. The van der Waals surface area contributed by atoms with Crippen LogP contribution >= 0.6 is 0 Å². The monoisotopic (exact) mass is 153 g/mol. The summed E-state index contributed by atoms with van der Waals surface area (Å²) in [6.07, 6.45) is 0. The average molecular weight is 153 g/mol. The summed E-state index contributed by atoms with van der Waals surface area (Å²) >= 11 is 0. The molecule has 0 unspecified atom stereocenters. The fourth-order valence-electron chi connectivity index (χ4n) is 0.0631. The molecule has 6 nitrogen and oxygen atoms in total. The second kappa shape index (κ2) is 4.86. The summed E-state index contributed by atoms with van der Waals surface area (Å²) in [6.45, 7) is 0. The van der Waals surface area contributed by atoms with Gasteiger partial charge in [0.15, 0.2) is 0 Å². The van der Waals surface area contributed by atoms with Crippen molar-refractivity contribution in [2.24, 2.45) is 0 Å².